The highest BCUT2D eigenvalue weighted by atomic mass is 16.5. The van der Waals surface area contributed by atoms with Crippen LogP contribution in [0.1, 0.15) is 32.6 Å². The molecule has 1 atom stereocenters. The molecule has 0 bridgehead atoms. The van der Waals surface area contributed by atoms with Crippen molar-refractivity contribution in [2.24, 2.45) is 0 Å². The molecule has 0 aromatic rings. The molecule has 0 spiro atoms. The van der Waals surface area contributed by atoms with Crippen molar-refractivity contribution in [2.45, 2.75) is 38.6 Å². The van der Waals surface area contributed by atoms with Gasteiger partial charge in [0.1, 0.15) is 13.3 Å². The van der Waals surface area contributed by atoms with Crippen molar-refractivity contribution in [1.29, 1.82) is 0 Å². The largest absolute Gasteiger partial charge is 0.351 e. The standard InChI is InChI=1S/C12H20N2O3/c1-10(14-9-17-8-12(14)16)5-7-13-6-3-2-4-11(13)15/h10H,2-9H2,1H3. The lowest BCUT2D eigenvalue weighted by molar-refractivity contribution is -0.133. The van der Waals surface area contributed by atoms with Crippen LogP contribution in [0.3, 0.4) is 0 Å². The fraction of sp³-hybridized carbons (Fsp3) is 0.833. The summed E-state index contributed by atoms with van der Waals surface area (Å²) >= 11 is 0. The molecule has 0 aromatic heterocycles. The van der Waals surface area contributed by atoms with Gasteiger partial charge in [-0.15, -0.1) is 0 Å². The summed E-state index contributed by atoms with van der Waals surface area (Å²) in [6.07, 6.45) is 3.64. The molecule has 0 N–H and O–H groups in total. The van der Waals surface area contributed by atoms with Crippen molar-refractivity contribution in [3.05, 3.63) is 0 Å². The molecule has 0 saturated carbocycles. The predicted molar refractivity (Wildman–Crippen MR) is 62.2 cm³/mol. The Kier molecular flexibility index (Phi) is 3.99. The van der Waals surface area contributed by atoms with Gasteiger partial charge in [0.25, 0.3) is 5.91 Å². The summed E-state index contributed by atoms with van der Waals surface area (Å²) in [6.45, 7) is 4.24. The van der Waals surface area contributed by atoms with Crippen LogP contribution in [0.2, 0.25) is 0 Å². The smallest absolute Gasteiger partial charge is 0.250 e. The van der Waals surface area contributed by atoms with Crippen LogP contribution in [0.5, 0.6) is 0 Å². The second-order valence-corrected chi connectivity index (χ2v) is 4.82. The van der Waals surface area contributed by atoms with Gasteiger partial charge in [-0.05, 0) is 26.2 Å². The monoisotopic (exact) mass is 240 g/mol. The van der Waals surface area contributed by atoms with E-state index in [0.717, 1.165) is 32.4 Å². The zero-order valence-corrected chi connectivity index (χ0v) is 10.4. The van der Waals surface area contributed by atoms with E-state index < -0.39 is 0 Å². The van der Waals surface area contributed by atoms with Gasteiger partial charge in [-0.3, -0.25) is 9.59 Å². The number of piperidine rings is 1. The van der Waals surface area contributed by atoms with Gasteiger partial charge in [-0.1, -0.05) is 0 Å². The van der Waals surface area contributed by atoms with E-state index in [1.807, 2.05) is 11.8 Å². The average Bonchev–Trinajstić information content (AvgIpc) is 2.74. The fourth-order valence-corrected chi connectivity index (χ4v) is 2.36. The number of carbonyl (C=O) groups is 2. The Hall–Kier alpha value is -1.10. The molecule has 96 valence electrons. The van der Waals surface area contributed by atoms with Gasteiger partial charge >= 0.3 is 0 Å². The molecule has 2 aliphatic heterocycles. The van der Waals surface area contributed by atoms with Crippen molar-refractivity contribution < 1.29 is 14.3 Å². The zero-order chi connectivity index (χ0) is 12.3. The predicted octanol–water partition coefficient (Wildman–Crippen LogP) is 0.594. The van der Waals surface area contributed by atoms with Gasteiger partial charge in [0.05, 0.1) is 0 Å². The van der Waals surface area contributed by atoms with Gasteiger partial charge in [0.15, 0.2) is 0 Å². The Morgan fingerprint density at radius 3 is 2.76 bits per heavy atom. The molecular formula is C12H20N2O3. The fourth-order valence-electron chi connectivity index (χ4n) is 2.36. The molecule has 5 heteroatoms. The van der Waals surface area contributed by atoms with Crippen LogP contribution in [-0.2, 0) is 14.3 Å². The number of amides is 2. The minimum Gasteiger partial charge on any atom is -0.351 e. The first-order valence-corrected chi connectivity index (χ1v) is 6.33. The van der Waals surface area contributed by atoms with E-state index in [4.69, 9.17) is 4.74 Å². The minimum atomic E-state index is 0.0578. The topological polar surface area (TPSA) is 49.9 Å². The molecule has 2 saturated heterocycles. The number of nitrogens with zero attached hydrogens (tertiary/aromatic N) is 2. The maximum atomic E-state index is 11.6. The van der Waals surface area contributed by atoms with Crippen LogP contribution in [0, 0.1) is 0 Å². The molecule has 1 unspecified atom stereocenters. The van der Waals surface area contributed by atoms with Crippen LogP contribution in [0.25, 0.3) is 0 Å². The van der Waals surface area contributed by atoms with Crippen molar-refractivity contribution in [2.75, 3.05) is 26.4 Å². The summed E-state index contributed by atoms with van der Waals surface area (Å²) in [7, 11) is 0. The summed E-state index contributed by atoms with van der Waals surface area (Å²) in [5.41, 5.74) is 0. The lowest BCUT2D eigenvalue weighted by Crippen LogP contribution is -2.41. The lowest BCUT2D eigenvalue weighted by Gasteiger charge is -2.29. The number of likely N-dealkylation sites (tertiary alicyclic amines) is 1. The Bertz CT molecular complexity index is 306. The third-order valence-corrected chi connectivity index (χ3v) is 3.55. The molecule has 0 aromatic carbocycles. The summed E-state index contributed by atoms with van der Waals surface area (Å²) in [5, 5.41) is 0. The minimum absolute atomic E-state index is 0.0578. The summed E-state index contributed by atoms with van der Waals surface area (Å²) in [5.74, 6) is 0.315. The highest BCUT2D eigenvalue weighted by Crippen LogP contribution is 2.14. The molecular weight excluding hydrogens is 220 g/mol. The Morgan fingerprint density at radius 1 is 1.29 bits per heavy atom. The van der Waals surface area contributed by atoms with E-state index in [9.17, 15) is 9.59 Å². The van der Waals surface area contributed by atoms with E-state index in [1.165, 1.54) is 0 Å². The van der Waals surface area contributed by atoms with Gasteiger partial charge < -0.3 is 14.5 Å². The first-order chi connectivity index (χ1) is 8.18. The number of hydrogen-bond acceptors (Lipinski definition) is 3. The first kappa shape index (κ1) is 12.4. The van der Waals surface area contributed by atoms with Crippen molar-refractivity contribution in [3.63, 3.8) is 0 Å². The number of carbonyl (C=O) groups excluding carboxylic acids is 2. The third-order valence-electron chi connectivity index (χ3n) is 3.55. The normalized spacial score (nSPS) is 23.4. The molecule has 5 nitrogen and oxygen atoms in total. The Balaban J connectivity index is 1.77. The zero-order valence-electron chi connectivity index (χ0n) is 10.4. The lowest BCUT2D eigenvalue weighted by atomic mass is 10.1. The van der Waals surface area contributed by atoms with E-state index >= 15 is 0 Å². The number of rotatable bonds is 4. The quantitative estimate of drug-likeness (QED) is 0.723. The highest BCUT2D eigenvalue weighted by molar-refractivity contribution is 5.79. The Labute approximate surface area is 102 Å². The van der Waals surface area contributed by atoms with Gasteiger partial charge in [-0.2, -0.15) is 0 Å². The van der Waals surface area contributed by atoms with Crippen LogP contribution in [-0.4, -0.2) is 54.1 Å². The molecule has 2 amide bonds. The number of hydrogen-bond donors (Lipinski definition) is 0. The SMILES string of the molecule is CC(CCN1CCCCC1=O)N1COCC1=O. The van der Waals surface area contributed by atoms with Crippen LogP contribution in [0.15, 0.2) is 0 Å². The van der Waals surface area contributed by atoms with Crippen molar-refractivity contribution >= 4 is 11.8 Å². The first-order valence-electron chi connectivity index (χ1n) is 6.33. The van der Waals surface area contributed by atoms with E-state index in [2.05, 4.69) is 0 Å². The molecule has 2 heterocycles. The van der Waals surface area contributed by atoms with E-state index in [0.29, 0.717) is 13.2 Å². The van der Waals surface area contributed by atoms with Crippen LogP contribution < -0.4 is 0 Å². The maximum Gasteiger partial charge on any atom is 0.250 e. The van der Waals surface area contributed by atoms with Crippen LogP contribution >= 0.6 is 0 Å². The van der Waals surface area contributed by atoms with Gasteiger partial charge in [0, 0.05) is 25.6 Å². The van der Waals surface area contributed by atoms with E-state index in [-0.39, 0.29) is 24.5 Å². The maximum absolute atomic E-state index is 11.6. The molecule has 0 aliphatic carbocycles. The molecule has 17 heavy (non-hydrogen) atoms. The van der Waals surface area contributed by atoms with Crippen molar-refractivity contribution in [1.82, 2.24) is 9.80 Å². The second kappa shape index (κ2) is 5.49. The Morgan fingerprint density at radius 2 is 2.12 bits per heavy atom. The highest BCUT2D eigenvalue weighted by Gasteiger charge is 2.26. The van der Waals surface area contributed by atoms with Crippen LogP contribution in [0.4, 0.5) is 0 Å². The molecule has 0 radical (unpaired) electrons. The summed E-state index contributed by atoms with van der Waals surface area (Å²) in [6, 6.07) is 0.153. The molecule has 2 aliphatic rings. The third kappa shape index (κ3) is 2.97. The molecule has 2 rings (SSSR count). The van der Waals surface area contributed by atoms with Crippen molar-refractivity contribution in [3.8, 4) is 0 Å². The van der Waals surface area contributed by atoms with Gasteiger partial charge in [-0.25, -0.2) is 0 Å². The van der Waals surface area contributed by atoms with Gasteiger partial charge in [0.2, 0.25) is 5.91 Å². The summed E-state index contributed by atoms with van der Waals surface area (Å²) < 4.78 is 5.10. The number of ether oxygens (including phenoxy) is 1. The second-order valence-electron chi connectivity index (χ2n) is 4.82. The van der Waals surface area contributed by atoms with E-state index in [1.54, 1.807) is 4.90 Å². The average molecular weight is 240 g/mol. The summed E-state index contributed by atoms with van der Waals surface area (Å²) in [4.78, 5) is 26.7. The molecule has 2 fully saturated rings.